The lowest BCUT2D eigenvalue weighted by Crippen LogP contribution is -2.41. The molecule has 0 spiro atoms. The van der Waals surface area contributed by atoms with Gasteiger partial charge in [-0.1, -0.05) is 50.2 Å². The van der Waals surface area contributed by atoms with Gasteiger partial charge in [-0.25, -0.2) is 0 Å². The molecule has 3 aromatic carbocycles. The first-order valence-corrected chi connectivity index (χ1v) is 14.5. The molecule has 0 fully saturated rings. The minimum absolute atomic E-state index is 0.190. The highest BCUT2D eigenvalue weighted by Crippen LogP contribution is 2.50. The molecule has 0 aromatic heterocycles. The third-order valence-electron chi connectivity index (χ3n) is 7.58. The molecule has 3 aromatic rings. The summed E-state index contributed by atoms with van der Waals surface area (Å²) in [4.78, 5) is 39.3. The Morgan fingerprint density at radius 1 is 0.953 bits per heavy atom. The quantitative estimate of drug-likeness (QED) is 0.289. The van der Waals surface area contributed by atoms with Crippen molar-refractivity contribution in [3.05, 3.63) is 81.5 Å². The molecule has 2 unspecified atom stereocenters. The van der Waals surface area contributed by atoms with E-state index in [4.69, 9.17) is 14.2 Å². The van der Waals surface area contributed by atoms with Gasteiger partial charge in [0, 0.05) is 19.0 Å². The topological polar surface area (TPSA) is 115 Å². The Kier molecular flexibility index (Phi) is 10.3. The van der Waals surface area contributed by atoms with Crippen molar-refractivity contribution in [1.29, 1.82) is 0 Å². The molecule has 3 N–H and O–H groups in total. The molecule has 0 radical (unpaired) electrons. The van der Waals surface area contributed by atoms with Gasteiger partial charge in [0.15, 0.2) is 11.5 Å². The van der Waals surface area contributed by atoms with Crippen LogP contribution in [0.2, 0.25) is 0 Å². The predicted molar refractivity (Wildman–Crippen MR) is 168 cm³/mol. The Bertz CT molecular complexity index is 1520. The van der Waals surface area contributed by atoms with Gasteiger partial charge in [-0.15, -0.1) is 0 Å². The van der Waals surface area contributed by atoms with Gasteiger partial charge in [0.05, 0.1) is 33.1 Å². The van der Waals surface area contributed by atoms with Crippen molar-refractivity contribution in [3.63, 3.8) is 0 Å². The van der Waals surface area contributed by atoms with E-state index in [0.29, 0.717) is 48.6 Å². The number of nitrogens with one attached hydrogen (secondary N) is 3. The molecule has 43 heavy (non-hydrogen) atoms. The Morgan fingerprint density at radius 3 is 2.30 bits per heavy atom. The number of hydrogen-bond acceptors (Lipinski definition) is 7. The first kappa shape index (κ1) is 31.4. The number of methoxy groups -OCH3 is 3. The average molecular weight is 588 g/mol. The van der Waals surface area contributed by atoms with E-state index in [2.05, 4.69) is 16.0 Å². The fraction of sp³-hybridized carbons (Fsp3) is 0.382. The maximum Gasteiger partial charge on any atom is 0.242 e. The molecule has 0 saturated heterocycles. The number of carbonyl (C=O) groups is 2. The number of rotatable bonds is 11. The molecule has 0 aliphatic heterocycles. The summed E-state index contributed by atoms with van der Waals surface area (Å²) in [6.07, 6.45) is 1.69. The lowest BCUT2D eigenvalue weighted by atomic mass is 9.95. The van der Waals surface area contributed by atoms with Gasteiger partial charge in [0.25, 0.3) is 0 Å². The van der Waals surface area contributed by atoms with Crippen LogP contribution in [0.4, 0.5) is 5.69 Å². The Hall–Kier alpha value is -4.53. The lowest BCUT2D eigenvalue weighted by Gasteiger charge is -2.20. The molecule has 2 amide bonds. The molecule has 0 bridgehead atoms. The summed E-state index contributed by atoms with van der Waals surface area (Å²) in [6, 6.07) is 15.7. The Balaban J connectivity index is 1.81. The monoisotopic (exact) mass is 587 g/mol. The summed E-state index contributed by atoms with van der Waals surface area (Å²) in [5.74, 6) is 1.26. The van der Waals surface area contributed by atoms with Gasteiger partial charge >= 0.3 is 0 Å². The fourth-order valence-corrected chi connectivity index (χ4v) is 5.63. The van der Waals surface area contributed by atoms with Crippen LogP contribution >= 0.6 is 0 Å². The first-order valence-electron chi connectivity index (χ1n) is 14.5. The van der Waals surface area contributed by atoms with E-state index in [1.54, 1.807) is 33.5 Å². The summed E-state index contributed by atoms with van der Waals surface area (Å²) in [5.41, 5.74) is 4.08. The lowest BCUT2D eigenvalue weighted by molar-refractivity contribution is -0.122. The number of fused-ring (bicyclic) bond motifs is 3. The summed E-state index contributed by atoms with van der Waals surface area (Å²) in [7, 11) is 4.68. The summed E-state index contributed by atoms with van der Waals surface area (Å²) >= 11 is 0. The van der Waals surface area contributed by atoms with Crippen LogP contribution in [-0.2, 0) is 22.6 Å². The number of aryl methyl sites for hydroxylation is 1. The predicted octanol–water partition coefficient (Wildman–Crippen LogP) is 5.01. The van der Waals surface area contributed by atoms with Crippen molar-refractivity contribution in [1.82, 2.24) is 10.6 Å². The van der Waals surface area contributed by atoms with Crippen LogP contribution in [0.1, 0.15) is 56.3 Å². The van der Waals surface area contributed by atoms with Crippen molar-refractivity contribution in [2.75, 3.05) is 26.6 Å². The number of ether oxygens (including phenoxy) is 3. The molecule has 1 aliphatic carbocycles. The molecular weight excluding hydrogens is 546 g/mol. The maximum atomic E-state index is 13.8. The Labute approximate surface area is 252 Å². The smallest absolute Gasteiger partial charge is 0.242 e. The van der Waals surface area contributed by atoms with Crippen molar-refractivity contribution in [2.45, 2.75) is 58.7 Å². The molecule has 9 nitrogen and oxygen atoms in total. The van der Waals surface area contributed by atoms with Crippen LogP contribution < -0.4 is 35.6 Å². The van der Waals surface area contributed by atoms with Crippen molar-refractivity contribution in [3.8, 4) is 28.4 Å². The molecule has 2 atom stereocenters. The van der Waals surface area contributed by atoms with E-state index in [1.807, 2.05) is 56.3 Å². The number of carbonyl (C=O) groups excluding carboxylic acids is 2. The number of benzene rings is 2. The maximum absolute atomic E-state index is 13.8. The van der Waals surface area contributed by atoms with E-state index in [-0.39, 0.29) is 28.8 Å². The van der Waals surface area contributed by atoms with E-state index in [0.717, 1.165) is 22.3 Å². The van der Waals surface area contributed by atoms with Crippen LogP contribution in [0.3, 0.4) is 0 Å². The zero-order valence-electron chi connectivity index (χ0n) is 25.7. The number of anilines is 1. The van der Waals surface area contributed by atoms with Crippen LogP contribution in [0, 0.1) is 5.92 Å². The van der Waals surface area contributed by atoms with Gasteiger partial charge in [0.1, 0.15) is 6.04 Å². The van der Waals surface area contributed by atoms with E-state index in [1.165, 1.54) is 6.92 Å². The molecule has 4 rings (SSSR count). The standard InChI is InChI=1S/C34H41N3O6/c1-20(2)16-28(34(40)35-19-22-10-8-7-9-11-22)37-27-15-13-24-25(18-29(27)39)26(36-21(3)38)14-12-23-17-30(41-4)32(42-5)33(43-6)31(23)24/h7-11,13,15,17-18,20,26,28H,12,14,16,19H2,1-6H3,(H,35,40)(H,36,38)(H,37,39). The summed E-state index contributed by atoms with van der Waals surface area (Å²) in [6.45, 7) is 5.92. The van der Waals surface area contributed by atoms with Crippen molar-refractivity contribution >= 4 is 17.5 Å². The van der Waals surface area contributed by atoms with Gasteiger partial charge in [-0.2, -0.15) is 0 Å². The summed E-state index contributed by atoms with van der Waals surface area (Å²) in [5, 5.41) is 9.26. The normalized spacial score (nSPS) is 14.4. The van der Waals surface area contributed by atoms with Crippen molar-refractivity contribution in [2.24, 2.45) is 5.92 Å². The third kappa shape index (κ3) is 7.28. The zero-order valence-corrected chi connectivity index (χ0v) is 25.7. The van der Waals surface area contributed by atoms with E-state index >= 15 is 0 Å². The highest BCUT2D eigenvalue weighted by molar-refractivity contribution is 5.86. The number of amides is 2. The van der Waals surface area contributed by atoms with Gasteiger partial charge in [-0.05, 0) is 65.6 Å². The van der Waals surface area contributed by atoms with Crippen LogP contribution in [0.25, 0.3) is 11.1 Å². The molecule has 0 heterocycles. The van der Waals surface area contributed by atoms with Gasteiger partial charge in [0.2, 0.25) is 23.0 Å². The second kappa shape index (κ2) is 14.1. The second-order valence-electron chi connectivity index (χ2n) is 11.1. The van der Waals surface area contributed by atoms with Crippen molar-refractivity contribution < 1.29 is 23.8 Å². The van der Waals surface area contributed by atoms with Gasteiger partial charge in [-0.3, -0.25) is 14.4 Å². The van der Waals surface area contributed by atoms with Gasteiger partial charge < -0.3 is 30.2 Å². The van der Waals surface area contributed by atoms with E-state index in [9.17, 15) is 14.4 Å². The fourth-order valence-electron chi connectivity index (χ4n) is 5.63. The molecule has 1 aliphatic rings. The molecule has 9 heteroatoms. The SMILES string of the molecule is COc1cc2c(c(OC)c1OC)-c1ccc(NC(CC(C)C)C(=O)NCc3ccccc3)c(=O)cc1C(NC(C)=O)CC2. The summed E-state index contributed by atoms with van der Waals surface area (Å²) < 4.78 is 17.1. The van der Waals surface area contributed by atoms with Crippen LogP contribution in [-0.4, -0.2) is 39.2 Å². The third-order valence-corrected chi connectivity index (χ3v) is 7.58. The minimum atomic E-state index is -0.629. The highest BCUT2D eigenvalue weighted by Gasteiger charge is 2.30. The number of hydrogen-bond donors (Lipinski definition) is 3. The molecular formula is C34H41N3O6. The minimum Gasteiger partial charge on any atom is -0.493 e. The van der Waals surface area contributed by atoms with Crippen LogP contribution in [0.5, 0.6) is 17.2 Å². The molecule has 0 saturated carbocycles. The van der Waals surface area contributed by atoms with Crippen LogP contribution in [0.15, 0.2) is 59.4 Å². The largest absolute Gasteiger partial charge is 0.493 e. The zero-order chi connectivity index (χ0) is 31.1. The first-order chi connectivity index (χ1) is 20.7. The average Bonchev–Trinajstić information content (AvgIpc) is 3.23. The molecule has 228 valence electrons. The van der Waals surface area contributed by atoms with E-state index < -0.39 is 12.1 Å². The second-order valence-corrected chi connectivity index (χ2v) is 11.1. The highest BCUT2D eigenvalue weighted by atomic mass is 16.5. The Morgan fingerprint density at radius 2 is 1.67 bits per heavy atom.